The number of hydrogen-bond donors (Lipinski definition) is 0. The minimum atomic E-state index is 0.773. The summed E-state index contributed by atoms with van der Waals surface area (Å²) in [6.07, 6.45) is 0.877. The summed E-state index contributed by atoms with van der Waals surface area (Å²) in [5.41, 5.74) is 0.773. The van der Waals surface area contributed by atoms with Crippen LogP contribution in [0, 0.1) is 0 Å². The number of benzene rings is 1. The molecule has 0 aliphatic rings. The molecule has 3 heteroatoms. The van der Waals surface area contributed by atoms with Crippen molar-refractivity contribution in [1.29, 1.82) is 0 Å². The molecule has 0 amide bonds. The van der Waals surface area contributed by atoms with Crippen molar-refractivity contribution < 1.29 is 4.79 Å². The molecule has 0 spiro atoms. The molecule has 0 N–H and O–H groups in total. The fourth-order valence-electron chi connectivity index (χ4n) is 0.648. The third-order valence-corrected chi connectivity index (χ3v) is 2.77. The van der Waals surface area contributed by atoms with Gasteiger partial charge in [-0.25, -0.2) is 0 Å². The van der Waals surface area contributed by atoms with Crippen molar-refractivity contribution in [1.82, 2.24) is 0 Å². The fourth-order valence-corrected chi connectivity index (χ4v) is 1.55. The van der Waals surface area contributed by atoms with Crippen LogP contribution >= 0.6 is 15.9 Å². The van der Waals surface area contributed by atoms with Crippen LogP contribution in [0.25, 0.3) is 0 Å². The Bertz CT molecular complexity index is 260. The number of hydrogen-bond acceptors (Lipinski definition) is 1. The number of carbonyl (C=O) groups is 1. The normalized spacial score (nSPS) is 9.40. The molecule has 1 aromatic carbocycles. The standard InChI is InChI=1S/C7H6AsBrO/c8-7-2-1-6(9)3-5(7)4-10/h1-4H,8H2. The molecule has 52 valence electrons. The molecule has 0 heterocycles. The zero-order chi connectivity index (χ0) is 7.56. The Labute approximate surface area is 76.4 Å². The molecule has 1 atom stereocenters. The van der Waals surface area contributed by atoms with Crippen LogP contribution in [0.15, 0.2) is 22.7 Å². The van der Waals surface area contributed by atoms with Crippen LogP contribution in [0.4, 0.5) is 0 Å². The Morgan fingerprint density at radius 3 is 2.70 bits per heavy atom. The molecule has 0 radical (unpaired) electrons. The number of aldehydes is 1. The van der Waals surface area contributed by atoms with Crippen LogP contribution in [0.5, 0.6) is 0 Å². The predicted molar refractivity (Wildman–Crippen MR) is 47.7 cm³/mol. The molecule has 0 aliphatic carbocycles. The van der Waals surface area contributed by atoms with Gasteiger partial charge in [-0.05, 0) is 0 Å². The van der Waals surface area contributed by atoms with E-state index < -0.39 is 0 Å². The average Bonchev–Trinajstić information content (AvgIpc) is 1.94. The summed E-state index contributed by atoms with van der Waals surface area (Å²) in [4.78, 5) is 10.4. The van der Waals surface area contributed by atoms with Gasteiger partial charge < -0.3 is 0 Å². The van der Waals surface area contributed by atoms with E-state index in [1.165, 1.54) is 16.9 Å². The van der Waals surface area contributed by atoms with Crippen molar-refractivity contribution in [2.24, 2.45) is 0 Å². The van der Waals surface area contributed by atoms with E-state index in [9.17, 15) is 4.79 Å². The summed E-state index contributed by atoms with van der Waals surface area (Å²) < 4.78 is 2.03. The van der Waals surface area contributed by atoms with Gasteiger partial charge in [0.15, 0.2) is 0 Å². The second kappa shape index (κ2) is 3.36. The first-order valence-electron chi connectivity index (χ1n) is 2.74. The van der Waals surface area contributed by atoms with Gasteiger partial charge in [-0.1, -0.05) is 0 Å². The monoisotopic (exact) mass is 260 g/mol. The van der Waals surface area contributed by atoms with Crippen LogP contribution in [0.3, 0.4) is 0 Å². The number of carbonyl (C=O) groups excluding carboxylic acids is 1. The zero-order valence-corrected chi connectivity index (χ0v) is 9.18. The summed E-state index contributed by atoms with van der Waals surface area (Å²) in [5.74, 6) is 0. The van der Waals surface area contributed by atoms with Crippen molar-refractivity contribution in [3.8, 4) is 0 Å². The first-order valence-corrected chi connectivity index (χ1v) is 4.74. The van der Waals surface area contributed by atoms with E-state index in [2.05, 4.69) is 15.9 Å². The van der Waals surface area contributed by atoms with E-state index >= 15 is 0 Å². The minimum absolute atomic E-state index is 0.773. The molecular formula is C7H6AsBrO. The molecule has 0 saturated carbocycles. The maximum absolute atomic E-state index is 10.4. The average molecular weight is 261 g/mol. The van der Waals surface area contributed by atoms with Crippen molar-refractivity contribution >= 4 is 43.4 Å². The molecule has 10 heavy (non-hydrogen) atoms. The number of rotatable bonds is 1. The molecule has 0 bridgehead atoms. The van der Waals surface area contributed by atoms with Crippen LogP contribution in [-0.2, 0) is 0 Å². The third-order valence-electron chi connectivity index (χ3n) is 1.18. The van der Waals surface area contributed by atoms with Crippen LogP contribution in [-0.4, -0.2) is 23.1 Å². The van der Waals surface area contributed by atoms with Gasteiger partial charge in [-0.3, -0.25) is 0 Å². The first-order chi connectivity index (χ1) is 4.74. The van der Waals surface area contributed by atoms with Gasteiger partial charge in [0, 0.05) is 0 Å². The van der Waals surface area contributed by atoms with Crippen LogP contribution in [0.1, 0.15) is 10.4 Å². The molecule has 0 fully saturated rings. The summed E-state index contributed by atoms with van der Waals surface area (Å²) in [6, 6.07) is 5.70. The van der Waals surface area contributed by atoms with Crippen molar-refractivity contribution in [2.45, 2.75) is 0 Å². The molecule has 0 aliphatic heterocycles. The van der Waals surface area contributed by atoms with Gasteiger partial charge in [0.25, 0.3) is 0 Å². The molecule has 1 nitrogen and oxygen atoms in total. The van der Waals surface area contributed by atoms with Crippen molar-refractivity contribution in [3.05, 3.63) is 28.2 Å². The quantitative estimate of drug-likeness (QED) is 0.532. The Kier molecular flexibility index (Phi) is 2.70. The van der Waals surface area contributed by atoms with E-state index in [1.54, 1.807) is 0 Å². The van der Waals surface area contributed by atoms with E-state index in [1.807, 2.05) is 18.2 Å². The topological polar surface area (TPSA) is 17.1 Å². The van der Waals surface area contributed by atoms with Gasteiger partial charge in [0.2, 0.25) is 0 Å². The van der Waals surface area contributed by atoms with Crippen LogP contribution < -0.4 is 4.35 Å². The summed E-state index contributed by atoms with van der Waals surface area (Å²) in [6.45, 7) is 0. The molecule has 1 aromatic rings. The van der Waals surface area contributed by atoms with E-state index in [0.29, 0.717) is 0 Å². The zero-order valence-electron chi connectivity index (χ0n) is 5.17. The Morgan fingerprint density at radius 1 is 1.50 bits per heavy atom. The van der Waals surface area contributed by atoms with Crippen LogP contribution in [0.2, 0.25) is 0 Å². The van der Waals surface area contributed by atoms with Crippen molar-refractivity contribution in [3.63, 3.8) is 0 Å². The third kappa shape index (κ3) is 1.71. The van der Waals surface area contributed by atoms with Crippen molar-refractivity contribution in [2.75, 3.05) is 0 Å². The van der Waals surface area contributed by atoms with Gasteiger partial charge in [0.1, 0.15) is 0 Å². The van der Waals surface area contributed by atoms with Gasteiger partial charge >= 0.3 is 76.4 Å². The van der Waals surface area contributed by atoms with Gasteiger partial charge in [-0.15, -0.1) is 0 Å². The molecule has 0 saturated heterocycles. The number of halogens is 1. The fraction of sp³-hybridized carbons (Fsp3) is 0. The molecule has 1 rings (SSSR count). The van der Waals surface area contributed by atoms with E-state index in [0.717, 1.165) is 20.7 Å². The second-order valence-corrected chi connectivity index (χ2v) is 4.11. The maximum atomic E-state index is 10.4. The Balaban J connectivity index is 3.21. The van der Waals surface area contributed by atoms with Gasteiger partial charge in [0.05, 0.1) is 0 Å². The Hall–Kier alpha value is -0.0716. The SMILES string of the molecule is O=Cc1cc(Br)ccc1[AsH2]. The molecule has 0 aromatic heterocycles. The summed E-state index contributed by atoms with van der Waals surface area (Å²) in [5, 5.41) is 0. The van der Waals surface area contributed by atoms with Gasteiger partial charge in [-0.2, -0.15) is 0 Å². The summed E-state index contributed by atoms with van der Waals surface area (Å²) in [7, 11) is 0. The molecule has 1 unspecified atom stereocenters. The summed E-state index contributed by atoms with van der Waals surface area (Å²) >= 11 is 4.76. The Morgan fingerprint density at radius 2 is 2.20 bits per heavy atom. The second-order valence-electron chi connectivity index (χ2n) is 1.89. The van der Waals surface area contributed by atoms with E-state index in [4.69, 9.17) is 0 Å². The molecular weight excluding hydrogens is 255 g/mol. The van der Waals surface area contributed by atoms with E-state index in [-0.39, 0.29) is 0 Å². The first kappa shape index (κ1) is 8.03. The predicted octanol–water partition coefficient (Wildman–Crippen LogP) is 0.520.